The van der Waals surface area contributed by atoms with Crippen molar-refractivity contribution in [2.24, 2.45) is 0 Å². The fourth-order valence-electron chi connectivity index (χ4n) is 1.44. The van der Waals surface area contributed by atoms with Gasteiger partial charge in [-0.05, 0) is 19.1 Å². The number of carbonyl (C=O) groups is 1. The van der Waals surface area contributed by atoms with Crippen molar-refractivity contribution < 1.29 is 9.53 Å². The first-order valence-electron chi connectivity index (χ1n) is 5.62. The van der Waals surface area contributed by atoms with Crippen LogP contribution < -0.4 is 0 Å². The van der Waals surface area contributed by atoms with Crippen molar-refractivity contribution in [2.45, 2.75) is 32.4 Å². The van der Waals surface area contributed by atoms with E-state index in [-0.39, 0.29) is 11.9 Å². The van der Waals surface area contributed by atoms with Gasteiger partial charge in [0.25, 0.3) is 0 Å². The maximum atomic E-state index is 11.7. The zero-order valence-electron chi connectivity index (χ0n) is 10.7. The first-order chi connectivity index (χ1) is 8.10. The Morgan fingerprint density at radius 1 is 1.53 bits per heavy atom. The van der Waals surface area contributed by atoms with Crippen molar-refractivity contribution in [3.63, 3.8) is 0 Å². The van der Waals surface area contributed by atoms with Gasteiger partial charge in [0.1, 0.15) is 5.82 Å². The van der Waals surface area contributed by atoms with E-state index in [9.17, 15) is 4.79 Å². The number of ether oxygens (including phenoxy) is 1. The summed E-state index contributed by atoms with van der Waals surface area (Å²) in [6, 6.07) is 0. The number of thioether (sulfide) groups is 1. The van der Waals surface area contributed by atoms with Gasteiger partial charge < -0.3 is 4.74 Å². The number of aromatic nitrogens is 2. The molecule has 0 saturated heterocycles. The van der Waals surface area contributed by atoms with Gasteiger partial charge in [-0.15, -0.1) is 0 Å². The van der Waals surface area contributed by atoms with Gasteiger partial charge in [0.15, 0.2) is 0 Å². The molecule has 17 heavy (non-hydrogen) atoms. The van der Waals surface area contributed by atoms with E-state index in [1.165, 1.54) is 0 Å². The summed E-state index contributed by atoms with van der Waals surface area (Å²) in [5.41, 5.74) is 1.24. The first kappa shape index (κ1) is 14.0. The standard InChI is InChI=1S/C12H18N2O2S/c1-5-16-12(15)9-6-13-10(7-17-4)14-11(9)8(2)3/h6,8H,5,7H2,1-4H3. The summed E-state index contributed by atoms with van der Waals surface area (Å²) in [6.07, 6.45) is 3.57. The number of nitrogens with zero attached hydrogens (tertiary/aromatic N) is 2. The van der Waals surface area contributed by atoms with Crippen LogP contribution in [-0.2, 0) is 10.5 Å². The third kappa shape index (κ3) is 3.70. The lowest BCUT2D eigenvalue weighted by Gasteiger charge is -2.11. The van der Waals surface area contributed by atoms with Gasteiger partial charge in [0.05, 0.1) is 23.6 Å². The van der Waals surface area contributed by atoms with Gasteiger partial charge in [0, 0.05) is 6.20 Å². The van der Waals surface area contributed by atoms with Gasteiger partial charge in [-0.3, -0.25) is 0 Å². The topological polar surface area (TPSA) is 52.1 Å². The molecule has 1 aromatic heterocycles. The highest BCUT2D eigenvalue weighted by Gasteiger charge is 2.17. The third-order valence-corrected chi connectivity index (χ3v) is 2.73. The smallest absolute Gasteiger partial charge is 0.341 e. The molecule has 0 amide bonds. The van der Waals surface area contributed by atoms with Crippen LogP contribution in [0, 0.1) is 0 Å². The molecule has 0 fully saturated rings. The summed E-state index contributed by atoms with van der Waals surface area (Å²) in [4.78, 5) is 20.3. The van der Waals surface area contributed by atoms with Crippen LogP contribution in [0.4, 0.5) is 0 Å². The van der Waals surface area contributed by atoms with E-state index >= 15 is 0 Å². The molecule has 0 aliphatic carbocycles. The maximum absolute atomic E-state index is 11.7. The Kier molecular flexibility index (Phi) is 5.41. The Bertz CT molecular complexity index is 394. The fraction of sp³-hybridized carbons (Fsp3) is 0.583. The zero-order chi connectivity index (χ0) is 12.8. The second kappa shape index (κ2) is 6.59. The van der Waals surface area contributed by atoms with Crippen LogP contribution in [0.1, 0.15) is 48.6 Å². The van der Waals surface area contributed by atoms with Crippen molar-refractivity contribution in [2.75, 3.05) is 12.9 Å². The molecule has 0 N–H and O–H groups in total. The Hall–Kier alpha value is -1.10. The minimum absolute atomic E-state index is 0.179. The number of carbonyl (C=O) groups excluding carboxylic acids is 1. The molecule has 1 heterocycles. The van der Waals surface area contributed by atoms with Crippen molar-refractivity contribution in [3.8, 4) is 0 Å². The summed E-state index contributed by atoms with van der Waals surface area (Å²) in [7, 11) is 0. The molecule has 4 nitrogen and oxygen atoms in total. The lowest BCUT2D eigenvalue weighted by molar-refractivity contribution is 0.0523. The van der Waals surface area contributed by atoms with E-state index in [1.54, 1.807) is 24.9 Å². The Morgan fingerprint density at radius 3 is 2.76 bits per heavy atom. The van der Waals surface area contributed by atoms with Crippen LogP contribution in [-0.4, -0.2) is 28.8 Å². The molecule has 0 unspecified atom stereocenters. The van der Waals surface area contributed by atoms with Crippen LogP contribution in [0.25, 0.3) is 0 Å². The van der Waals surface area contributed by atoms with Crippen LogP contribution in [0.15, 0.2) is 6.20 Å². The molecule has 1 aromatic rings. The monoisotopic (exact) mass is 254 g/mol. The molecular formula is C12H18N2O2S. The highest BCUT2D eigenvalue weighted by atomic mass is 32.2. The minimum atomic E-state index is -0.341. The molecule has 94 valence electrons. The molecule has 5 heteroatoms. The van der Waals surface area contributed by atoms with E-state index < -0.39 is 0 Å². The molecular weight excluding hydrogens is 236 g/mol. The van der Waals surface area contributed by atoms with Crippen molar-refractivity contribution in [1.82, 2.24) is 9.97 Å². The summed E-state index contributed by atoms with van der Waals surface area (Å²) in [6.45, 7) is 6.17. The van der Waals surface area contributed by atoms with Gasteiger partial charge in [-0.2, -0.15) is 11.8 Å². The van der Waals surface area contributed by atoms with Crippen LogP contribution in [0.3, 0.4) is 0 Å². The van der Waals surface area contributed by atoms with E-state index in [0.717, 1.165) is 17.3 Å². The van der Waals surface area contributed by atoms with Gasteiger partial charge in [0.2, 0.25) is 0 Å². The number of hydrogen-bond acceptors (Lipinski definition) is 5. The van der Waals surface area contributed by atoms with Crippen LogP contribution in [0.2, 0.25) is 0 Å². The van der Waals surface area contributed by atoms with Gasteiger partial charge in [-0.1, -0.05) is 13.8 Å². The van der Waals surface area contributed by atoms with Crippen LogP contribution >= 0.6 is 11.8 Å². The maximum Gasteiger partial charge on any atom is 0.341 e. The predicted octanol–water partition coefficient (Wildman–Crippen LogP) is 2.64. The molecule has 0 saturated carbocycles. The molecule has 0 radical (unpaired) electrons. The van der Waals surface area contributed by atoms with Crippen LogP contribution in [0.5, 0.6) is 0 Å². The van der Waals surface area contributed by atoms with Crippen molar-refractivity contribution in [1.29, 1.82) is 0 Å². The zero-order valence-corrected chi connectivity index (χ0v) is 11.5. The predicted molar refractivity (Wildman–Crippen MR) is 69.3 cm³/mol. The van der Waals surface area contributed by atoms with E-state index in [0.29, 0.717) is 12.2 Å². The van der Waals surface area contributed by atoms with Crippen molar-refractivity contribution in [3.05, 3.63) is 23.3 Å². The summed E-state index contributed by atoms with van der Waals surface area (Å²) >= 11 is 1.66. The Labute approximate surface area is 106 Å². The largest absolute Gasteiger partial charge is 0.462 e. The second-order valence-corrected chi connectivity index (χ2v) is 4.76. The number of esters is 1. The summed E-state index contributed by atoms with van der Waals surface area (Å²) < 4.78 is 4.99. The average molecular weight is 254 g/mol. The highest BCUT2D eigenvalue weighted by molar-refractivity contribution is 7.97. The van der Waals surface area contributed by atoms with E-state index in [2.05, 4.69) is 9.97 Å². The van der Waals surface area contributed by atoms with Gasteiger partial charge >= 0.3 is 5.97 Å². The molecule has 0 spiro atoms. The third-order valence-electron chi connectivity index (χ3n) is 2.18. The Balaban J connectivity index is 3.08. The fourth-order valence-corrected chi connectivity index (χ4v) is 1.84. The summed E-state index contributed by atoms with van der Waals surface area (Å²) in [5, 5.41) is 0. The van der Waals surface area contributed by atoms with Crippen molar-refractivity contribution >= 4 is 17.7 Å². The average Bonchev–Trinajstić information content (AvgIpc) is 2.29. The molecule has 0 aliphatic rings. The van der Waals surface area contributed by atoms with E-state index in [1.807, 2.05) is 20.1 Å². The highest BCUT2D eigenvalue weighted by Crippen LogP contribution is 2.18. The second-order valence-electron chi connectivity index (χ2n) is 3.89. The lowest BCUT2D eigenvalue weighted by atomic mass is 10.1. The first-order valence-corrected chi connectivity index (χ1v) is 7.01. The summed E-state index contributed by atoms with van der Waals surface area (Å²) in [5.74, 6) is 1.35. The molecule has 0 aromatic carbocycles. The normalized spacial score (nSPS) is 10.6. The van der Waals surface area contributed by atoms with E-state index in [4.69, 9.17) is 4.74 Å². The molecule has 1 rings (SSSR count). The lowest BCUT2D eigenvalue weighted by Crippen LogP contribution is -2.13. The minimum Gasteiger partial charge on any atom is -0.462 e. The molecule has 0 aliphatic heterocycles. The quantitative estimate of drug-likeness (QED) is 0.756. The molecule has 0 atom stereocenters. The Morgan fingerprint density at radius 2 is 2.24 bits per heavy atom. The SMILES string of the molecule is CCOC(=O)c1cnc(CSC)nc1C(C)C. The number of hydrogen-bond donors (Lipinski definition) is 0. The number of rotatable bonds is 5. The molecule has 0 bridgehead atoms. The van der Waals surface area contributed by atoms with Gasteiger partial charge in [-0.25, -0.2) is 14.8 Å².